The molecule has 1 aromatic heterocycles. The fraction of sp³-hybridized carbons (Fsp3) is 0.0588. The van der Waals surface area contributed by atoms with E-state index in [1.165, 1.54) is 23.0 Å². The number of hydrogen-bond acceptors (Lipinski definition) is 4. The van der Waals surface area contributed by atoms with Crippen molar-refractivity contribution in [1.29, 1.82) is 0 Å². The summed E-state index contributed by atoms with van der Waals surface area (Å²) in [7, 11) is 0. The molecular formula is C17H14N4O3. The highest BCUT2D eigenvalue weighted by Crippen LogP contribution is 2.19. The summed E-state index contributed by atoms with van der Waals surface area (Å²) >= 11 is 0. The minimum Gasteiger partial charge on any atom is -0.295 e. The molecule has 0 radical (unpaired) electrons. The molecule has 0 saturated carbocycles. The first kappa shape index (κ1) is 15.4. The van der Waals surface area contributed by atoms with Crippen molar-refractivity contribution in [2.75, 3.05) is 0 Å². The van der Waals surface area contributed by atoms with Gasteiger partial charge in [0.2, 0.25) is 0 Å². The summed E-state index contributed by atoms with van der Waals surface area (Å²) in [6, 6.07) is 15.1. The number of non-ortho nitro benzene ring substituents is 1. The van der Waals surface area contributed by atoms with Gasteiger partial charge in [-0.1, -0.05) is 24.3 Å². The van der Waals surface area contributed by atoms with Crippen molar-refractivity contribution in [2.24, 2.45) is 4.99 Å². The van der Waals surface area contributed by atoms with Gasteiger partial charge < -0.3 is 0 Å². The Balaban J connectivity index is 1.97. The summed E-state index contributed by atoms with van der Waals surface area (Å²) in [5, 5.41) is 13.8. The van der Waals surface area contributed by atoms with Crippen LogP contribution in [0, 0.1) is 17.0 Å². The van der Waals surface area contributed by atoms with E-state index in [2.05, 4.69) is 10.1 Å². The number of aromatic nitrogens is 2. The number of nitro benzene ring substituents is 1. The lowest BCUT2D eigenvalue weighted by molar-refractivity contribution is -0.384. The molecule has 0 unspecified atom stereocenters. The monoisotopic (exact) mass is 322 g/mol. The van der Waals surface area contributed by atoms with Gasteiger partial charge in [0.05, 0.1) is 21.9 Å². The average Bonchev–Trinajstić information content (AvgIpc) is 2.88. The molecule has 7 nitrogen and oxygen atoms in total. The number of rotatable bonds is 4. The Bertz CT molecular complexity index is 971. The zero-order valence-electron chi connectivity index (χ0n) is 12.8. The Labute approximate surface area is 137 Å². The molecule has 24 heavy (non-hydrogen) atoms. The molecule has 0 fully saturated rings. The van der Waals surface area contributed by atoms with Gasteiger partial charge in [-0.05, 0) is 25.1 Å². The number of aromatic amines is 1. The van der Waals surface area contributed by atoms with Crippen LogP contribution in [0.25, 0.3) is 5.69 Å². The van der Waals surface area contributed by atoms with Crippen LogP contribution in [-0.2, 0) is 0 Å². The van der Waals surface area contributed by atoms with Crippen molar-refractivity contribution in [3.8, 4) is 5.69 Å². The lowest BCUT2D eigenvalue weighted by Crippen LogP contribution is -2.17. The molecule has 0 bridgehead atoms. The van der Waals surface area contributed by atoms with Crippen LogP contribution in [0.3, 0.4) is 0 Å². The molecule has 0 saturated heterocycles. The van der Waals surface area contributed by atoms with Crippen LogP contribution in [0.15, 0.2) is 64.4 Å². The lowest BCUT2D eigenvalue weighted by Gasteiger charge is -1.99. The van der Waals surface area contributed by atoms with Crippen molar-refractivity contribution >= 4 is 17.6 Å². The molecule has 120 valence electrons. The number of H-pyrrole nitrogens is 1. The van der Waals surface area contributed by atoms with Gasteiger partial charge in [-0.3, -0.25) is 25.0 Å². The minimum atomic E-state index is -0.483. The topological polar surface area (TPSA) is 93.3 Å². The fourth-order valence-electron chi connectivity index (χ4n) is 2.30. The summed E-state index contributed by atoms with van der Waals surface area (Å²) in [5.74, 6) is 0. The highest BCUT2D eigenvalue weighted by molar-refractivity contribution is 5.83. The van der Waals surface area contributed by atoms with Gasteiger partial charge >= 0.3 is 0 Å². The van der Waals surface area contributed by atoms with Gasteiger partial charge in [0.25, 0.3) is 11.2 Å². The zero-order valence-corrected chi connectivity index (χ0v) is 12.8. The second kappa shape index (κ2) is 6.33. The van der Waals surface area contributed by atoms with Gasteiger partial charge in [-0.2, -0.15) is 0 Å². The number of aliphatic imine (C=N–C) groups is 1. The van der Waals surface area contributed by atoms with E-state index in [9.17, 15) is 14.9 Å². The first-order valence-electron chi connectivity index (χ1n) is 7.22. The fourth-order valence-corrected chi connectivity index (χ4v) is 2.30. The van der Waals surface area contributed by atoms with Gasteiger partial charge in [-0.25, -0.2) is 4.68 Å². The van der Waals surface area contributed by atoms with E-state index in [0.29, 0.717) is 16.9 Å². The number of nitro groups is 1. The molecule has 0 aliphatic carbocycles. The largest absolute Gasteiger partial charge is 0.295 e. The van der Waals surface area contributed by atoms with Crippen molar-refractivity contribution in [3.63, 3.8) is 0 Å². The number of nitrogens with one attached hydrogen (secondary N) is 1. The van der Waals surface area contributed by atoms with Crippen LogP contribution in [0.5, 0.6) is 0 Å². The highest BCUT2D eigenvalue weighted by atomic mass is 16.6. The van der Waals surface area contributed by atoms with Gasteiger partial charge in [0.15, 0.2) is 0 Å². The maximum Gasteiger partial charge on any atom is 0.280 e. The number of nitrogens with zero attached hydrogens (tertiary/aromatic N) is 3. The highest BCUT2D eigenvalue weighted by Gasteiger charge is 2.10. The molecule has 2 aromatic carbocycles. The Morgan fingerprint density at radius 3 is 2.62 bits per heavy atom. The third kappa shape index (κ3) is 3.00. The van der Waals surface area contributed by atoms with E-state index in [0.717, 1.165) is 5.69 Å². The summed E-state index contributed by atoms with van der Waals surface area (Å²) < 4.78 is 1.43. The van der Waals surface area contributed by atoms with E-state index in [-0.39, 0.29) is 11.2 Å². The standard InChI is InChI=1S/C17H14N4O3/c1-12-16(11-18-13-6-5-9-15(10-13)21(23)24)17(22)20(19-12)14-7-3-2-4-8-14/h2-11,19H,1H3. The maximum absolute atomic E-state index is 12.5. The van der Waals surface area contributed by atoms with E-state index < -0.39 is 4.92 Å². The first-order chi connectivity index (χ1) is 11.6. The molecule has 7 heteroatoms. The summed E-state index contributed by atoms with van der Waals surface area (Å²) in [6.07, 6.45) is 1.42. The number of aryl methyl sites for hydroxylation is 1. The Hall–Kier alpha value is -3.48. The van der Waals surface area contributed by atoms with Crippen molar-refractivity contribution in [1.82, 2.24) is 9.78 Å². The van der Waals surface area contributed by atoms with Crippen LogP contribution in [0.2, 0.25) is 0 Å². The van der Waals surface area contributed by atoms with Crippen LogP contribution >= 0.6 is 0 Å². The van der Waals surface area contributed by atoms with Crippen molar-refractivity contribution in [2.45, 2.75) is 6.92 Å². The summed E-state index contributed by atoms with van der Waals surface area (Å²) in [6.45, 7) is 1.77. The van der Waals surface area contributed by atoms with E-state index >= 15 is 0 Å². The molecule has 0 aliphatic rings. The minimum absolute atomic E-state index is 0.0443. The maximum atomic E-state index is 12.5. The molecule has 0 spiro atoms. The average molecular weight is 322 g/mol. The molecule has 0 atom stereocenters. The quantitative estimate of drug-likeness (QED) is 0.454. The van der Waals surface area contributed by atoms with E-state index in [4.69, 9.17) is 0 Å². The van der Waals surface area contributed by atoms with Crippen LogP contribution in [0.1, 0.15) is 11.3 Å². The number of hydrogen-bond donors (Lipinski definition) is 1. The number of para-hydroxylation sites is 1. The molecule has 0 aliphatic heterocycles. The Kier molecular flexibility index (Phi) is 4.07. The summed E-state index contributed by atoms with van der Waals surface area (Å²) in [4.78, 5) is 27.0. The molecule has 0 amide bonds. The molecular weight excluding hydrogens is 308 g/mol. The van der Waals surface area contributed by atoms with Gasteiger partial charge in [0.1, 0.15) is 0 Å². The second-order valence-corrected chi connectivity index (χ2v) is 5.16. The van der Waals surface area contributed by atoms with Crippen molar-refractivity contribution < 1.29 is 4.92 Å². The smallest absolute Gasteiger partial charge is 0.280 e. The normalized spacial score (nSPS) is 11.0. The number of benzene rings is 2. The molecule has 3 rings (SSSR count). The SMILES string of the molecule is Cc1[nH]n(-c2ccccc2)c(=O)c1C=Nc1cccc([N+](=O)[O-])c1. The predicted molar refractivity (Wildman–Crippen MR) is 91.5 cm³/mol. The lowest BCUT2D eigenvalue weighted by atomic mass is 10.2. The first-order valence-corrected chi connectivity index (χ1v) is 7.22. The van der Waals surface area contributed by atoms with Gasteiger partial charge in [-0.15, -0.1) is 0 Å². The zero-order chi connectivity index (χ0) is 17.1. The molecule has 1 N–H and O–H groups in total. The molecule has 1 heterocycles. The van der Waals surface area contributed by atoms with Gasteiger partial charge in [0, 0.05) is 24.0 Å². The van der Waals surface area contributed by atoms with Crippen molar-refractivity contribution in [3.05, 3.63) is 86.3 Å². The van der Waals surface area contributed by atoms with Crippen LogP contribution in [0.4, 0.5) is 11.4 Å². The van der Waals surface area contributed by atoms with E-state index in [1.807, 2.05) is 30.3 Å². The molecule has 3 aromatic rings. The third-order valence-corrected chi connectivity index (χ3v) is 3.51. The predicted octanol–water partition coefficient (Wildman–Crippen LogP) is 3.13. The third-order valence-electron chi connectivity index (χ3n) is 3.51. The second-order valence-electron chi connectivity index (χ2n) is 5.16. The Morgan fingerprint density at radius 2 is 1.92 bits per heavy atom. The summed E-state index contributed by atoms with van der Waals surface area (Å²) in [5.41, 5.74) is 1.93. The van der Waals surface area contributed by atoms with Crippen LogP contribution < -0.4 is 5.56 Å². The van der Waals surface area contributed by atoms with Crippen LogP contribution in [-0.4, -0.2) is 20.9 Å². The Morgan fingerprint density at radius 1 is 1.17 bits per heavy atom. The van der Waals surface area contributed by atoms with E-state index in [1.54, 1.807) is 19.1 Å².